The van der Waals surface area contributed by atoms with E-state index in [2.05, 4.69) is 20.3 Å². The molecule has 0 saturated heterocycles. The number of H-pyrrole nitrogens is 1. The highest BCUT2D eigenvalue weighted by molar-refractivity contribution is 6.03. The van der Waals surface area contributed by atoms with Gasteiger partial charge < -0.3 is 14.7 Å². The van der Waals surface area contributed by atoms with Crippen LogP contribution in [0.15, 0.2) is 66.0 Å². The third-order valence-corrected chi connectivity index (χ3v) is 4.00. The number of hydrogen-bond acceptors (Lipinski definition) is 4. The first-order chi connectivity index (χ1) is 12.6. The highest BCUT2D eigenvalue weighted by Gasteiger charge is 2.10. The van der Waals surface area contributed by atoms with Crippen LogP contribution in [0.25, 0.3) is 16.9 Å². The number of benzene rings is 1. The first kappa shape index (κ1) is 15.8. The van der Waals surface area contributed by atoms with Gasteiger partial charge in [-0.3, -0.25) is 9.59 Å². The van der Waals surface area contributed by atoms with Crippen molar-refractivity contribution in [2.45, 2.75) is 6.92 Å². The van der Waals surface area contributed by atoms with E-state index in [1.165, 1.54) is 6.33 Å². The third kappa shape index (κ3) is 2.98. The Balaban J connectivity index is 1.65. The van der Waals surface area contributed by atoms with Crippen LogP contribution in [0.3, 0.4) is 0 Å². The maximum atomic E-state index is 12.3. The Morgan fingerprint density at radius 2 is 2.08 bits per heavy atom. The van der Waals surface area contributed by atoms with Gasteiger partial charge in [0.2, 0.25) is 0 Å². The molecule has 7 nitrogen and oxygen atoms in total. The van der Waals surface area contributed by atoms with Crippen molar-refractivity contribution in [2.24, 2.45) is 0 Å². The predicted molar refractivity (Wildman–Crippen MR) is 98.2 cm³/mol. The second-order valence-electron chi connectivity index (χ2n) is 5.88. The van der Waals surface area contributed by atoms with Gasteiger partial charge in [-0.25, -0.2) is 9.97 Å². The Kier molecular flexibility index (Phi) is 3.81. The molecule has 0 aliphatic heterocycles. The standard InChI is InChI=1S/C19H15N5O2/c1-12-4-3-7-24-10-16(23-18(12)24)13-5-2-6-14(8-13)22-19(26)15-9-17(25)21-11-20-15/h2-11H,1H3,(H,22,26)(H,20,21,25). The summed E-state index contributed by atoms with van der Waals surface area (Å²) in [6.45, 7) is 2.01. The van der Waals surface area contributed by atoms with Crippen LogP contribution in [-0.4, -0.2) is 25.3 Å². The zero-order chi connectivity index (χ0) is 18.1. The number of aryl methyl sites for hydroxylation is 1. The van der Waals surface area contributed by atoms with Gasteiger partial charge in [0.05, 0.1) is 12.0 Å². The lowest BCUT2D eigenvalue weighted by Crippen LogP contribution is -2.17. The van der Waals surface area contributed by atoms with E-state index in [0.717, 1.165) is 28.5 Å². The topological polar surface area (TPSA) is 92.2 Å². The van der Waals surface area contributed by atoms with Crippen molar-refractivity contribution in [1.82, 2.24) is 19.4 Å². The monoisotopic (exact) mass is 345 g/mol. The first-order valence-electron chi connectivity index (χ1n) is 8.01. The zero-order valence-electron chi connectivity index (χ0n) is 13.9. The number of imidazole rings is 1. The van der Waals surface area contributed by atoms with Gasteiger partial charge in [-0.15, -0.1) is 0 Å². The number of pyridine rings is 1. The average molecular weight is 345 g/mol. The number of fused-ring (bicyclic) bond motifs is 1. The maximum absolute atomic E-state index is 12.3. The summed E-state index contributed by atoms with van der Waals surface area (Å²) in [5.74, 6) is -0.445. The molecule has 0 atom stereocenters. The van der Waals surface area contributed by atoms with E-state index >= 15 is 0 Å². The Labute approximate surface area is 148 Å². The summed E-state index contributed by atoms with van der Waals surface area (Å²) in [5, 5.41) is 2.75. The molecule has 0 saturated carbocycles. The van der Waals surface area contributed by atoms with Crippen molar-refractivity contribution in [3.05, 3.63) is 82.8 Å². The molecule has 3 aromatic heterocycles. The third-order valence-electron chi connectivity index (χ3n) is 4.00. The molecule has 0 radical (unpaired) electrons. The summed E-state index contributed by atoms with van der Waals surface area (Å²) in [6.07, 6.45) is 5.09. The van der Waals surface area contributed by atoms with Crippen molar-refractivity contribution < 1.29 is 4.79 Å². The molecule has 1 amide bonds. The number of anilines is 1. The second kappa shape index (κ2) is 6.29. The van der Waals surface area contributed by atoms with Crippen LogP contribution in [0.5, 0.6) is 0 Å². The Morgan fingerprint density at radius 3 is 2.88 bits per heavy atom. The number of nitrogens with zero attached hydrogens (tertiary/aromatic N) is 3. The van der Waals surface area contributed by atoms with Gasteiger partial charge in [0, 0.05) is 29.7 Å². The normalized spacial score (nSPS) is 10.8. The SMILES string of the molecule is Cc1cccn2cc(-c3cccc(NC(=O)c4cc(=O)[nH]cn4)c3)nc12. The van der Waals surface area contributed by atoms with E-state index in [-0.39, 0.29) is 11.3 Å². The molecule has 0 aliphatic carbocycles. The molecule has 0 spiro atoms. The van der Waals surface area contributed by atoms with Gasteiger partial charge in [0.1, 0.15) is 11.3 Å². The van der Waals surface area contributed by atoms with Crippen molar-refractivity contribution >= 4 is 17.2 Å². The summed E-state index contributed by atoms with van der Waals surface area (Å²) < 4.78 is 1.97. The second-order valence-corrected chi connectivity index (χ2v) is 5.88. The highest BCUT2D eigenvalue weighted by atomic mass is 16.2. The Bertz CT molecular complexity index is 1180. The van der Waals surface area contributed by atoms with Gasteiger partial charge in [-0.05, 0) is 30.7 Å². The van der Waals surface area contributed by atoms with Crippen LogP contribution in [0.4, 0.5) is 5.69 Å². The fourth-order valence-electron chi connectivity index (χ4n) is 2.74. The molecule has 128 valence electrons. The minimum Gasteiger partial charge on any atom is -0.321 e. The van der Waals surface area contributed by atoms with Crippen molar-refractivity contribution in [3.8, 4) is 11.3 Å². The van der Waals surface area contributed by atoms with Gasteiger partial charge in [-0.2, -0.15) is 0 Å². The van der Waals surface area contributed by atoms with Gasteiger partial charge in [0.25, 0.3) is 11.5 Å². The van der Waals surface area contributed by atoms with E-state index in [1.54, 1.807) is 6.07 Å². The number of aromatic nitrogens is 4. The van der Waals surface area contributed by atoms with E-state index < -0.39 is 5.91 Å². The molecule has 26 heavy (non-hydrogen) atoms. The highest BCUT2D eigenvalue weighted by Crippen LogP contribution is 2.23. The molecule has 0 bridgehead atoms. The Morgan fingerprint density at radius 1 is 1.19 bits per heavy atom. The lowest BCUT2D eigenvalue weighted by atomic mass is 10.1. The van der Waals surface area contributed by atoms with Gasteiger partial charge in [0.15, 0.2) is 0 Å². The lowest BCUT2D eigenvalue weighted by Gasteiger charge is -2.05. The maximum Gasteiger partial charge on any atom is 0.274 e. The quantitative estimate of drug-likeness (QED) is 0.597. The summed E-state index contributed by atoms with van der Waals surface area (Å²) in [7, 11) is 0. The van der Waals surface area contributed by atoms with Crippen molar-refractivity contribution in [2.75, 3.05) is 5.32 Å². The number of nitrogens with one attached hydrogen (secondary N) is 2. The molecule has 3 heterocycles. The van der Waals surface area contributed by atoms with Crippen LogP contribution in [0, 0.1) is 6.92 Å². The number of aromatic amines is 1. The molecule has 4 rings (SSSR count). The van der Waals surface area contributed by atoms with Crippen molar-refractivity contribution in [1.29, 1.82) is 0 Å². The molecule has 7 heteroatoms. The van der Waals surface area contributed by atoms with Crippen LogP contribution >= 0.6 is 0 Å². The smallest absolute Gasteiger partial charge is 0.274 e. The van der Waals surface area contributed by atoms with Crippen LogP contribution in [0.2, 0.25) is 0 Å². The number of hydrogen-bond donors (Lipinski definition) is 2. The Hall–Kier alpha value is -3.74. The largest absolute Gasteiger partial charge is 0.321 e. The van der Waals surface area contributed by atoms with E-state index in [1.807, 2.05) is 54.0 Å². The van der Waals surface area contributed by atoms with E-state index in [0.29, 0.717) is 5.69 Å². The van der Waals surface area contributed by atoms with Crippen molar-refractivity contribution in [3.63, 3.8) is 0 Å². The van der Waals surface area contributed by atoms with E-state index in [9.17, 15) is 9.59 Å². The molecule has 4 aromatic rings. The van der Waals surface area contributed by atoms with E-state index in [4.69, 9.17) is 0 Å². The molecular formula is C19H15N5O2. The molecule has 0 fully saturated rings. The van der Waals surface area contributed by atoms with Gasteiger partial charge >= 0.3 is 0 Å². The fraction of sp³-hybridized carbons (Fsp3) is 0.0526. The molecule has 1 aromatic carbocycles. The minimum atomic E-state index is -0.445. The zero-order valence-corrected chi connectivity index (χ0v) is 13.9. The number of rotatable bonds is 3. The summed E-state index contributed by atoms with van der Waals surface area (Å²) in [5.41, 5.74) is 3.95. The lowest BCUT2D eigenvalue weighted by molar-refractivity contribution is 0.102. The summed E-state index contributed by atoms with van der Waals surface area (Å²) in [4.78, 5) is 34.5. The van der Waals surface area contributed by atoms with Crippen LogP contribution in [0.1, 0.15) is 16.1 Å². The first-order valence-corrected chi connectivity index (χ1v) is 8.01. The fourth-order valence-corrected chi connectivity index (χ4v) is 2.74. The molecule has 0 aliphatic rings. The number of carbonyl (C=O) groups excluding carboxylic acids is 1. The van der Waals surface area contributed by atoms with Crippen LogP contribution < -0.4 is 10.9 Å². The van der Waals surface area contributed by atoms with Gasteiger partial charge in [-0.1, -0.05) is 18.2 Å². The predicted octanol–water partition coefficient (Wildman–Crippen LogP) is 2.65. The molecule has 0 unspecified atom stereocenters. The number of carbonyl (C=O) groups is 1. The molecular weight excluding hydrogens is 330 g/mol. The summed E-state index contributed by atoms with van der Waals surface area (Å²) >= 11 is 0. The average Bonchev–Trinajstić information content (AvgIpc) is 3.08. The number of amides is 1. The summed E-state index contributed by atoms with van der Waals surface area (Å²) in [6, 6.07) is 12.5. The molecule has 2 N–H and O–H groups in total. The van der Waals surface area contributed by atoms with Crippen LogP contribution in [-0.2, 0) is 0 Å². The minimum absolute atomic E-state index is 0.0579.